The van der Waals surface area contributed by atoms with Gasteiger partial charge in [-0.2, -0.15) is 0 Å². The molecule has 86 heavy (non-hydrogen) atoms. The molecule has 0 aromatic heterocycles. The summed E-state index contributed by atoms with van der Waals surface area (Å²) in [5.41, 5.74) is 1.18. The van der Waals surface area contributed by atoms with Crippen LogP contribution in [-0.4, -0.2) is 167 Å². The molecule has 4 aliphatic rings. The number of nitrogens with one attached hydrogen (secondary N) is 4. The monoisotopic (exact) mass is 1190 g/mol. The summed E-state index contributed by atoms with van der Waals surface area (Å²) in [4.78, 5) is 117. The lowest BCUT2D eigenvalue weighted by atomic mass is 9.85. The smallest absolute Gasteiger partial charge is 0.410 e. The summed E-state index contributed by atoms with van der Waals surface area (Å²) in [6.07, 6.45) is 2.78. The van der Waals surface area contributed by atoms with Gasteiger partial charge in [0.2, 0.25) is 35.4 Å². The van der Waals surface area contributed by atoms with E-state index < -0.39 is 106 Å². The number of carbonyl (C=O) groups is 8. The molecule has 0 spiro atoms. The Bertz CT molecular complexity index is 2740. The van der Waals surface area contributed by atoms with E-state index in [1.165, 1.54) is 33.7 Å². The summed E-state index contributed by atoms with van der Waals surface area (Å²) in [6, 6.07) is 9.46. The third-order valence-electron chi connectivity index (χ3n) is 16.2. The fourth-order valence-corrected chi connectivity index (χ4v) is 11.1. The summed E-state index contributed by atoms with van der Waals surface area (Å²) < 4.78 is 23.4. The number of fused-ring (bicyclic) bond motifs is 2. The Morgan fingerprint density at radius 1 is 0.558 bits per heavy atom. The van der Waals surface area contributed by atoms with Gasteiger partial charge < -0.3 is 50.0 Å². The van der Waals surface area contributed by atoms with E-state index in [1.807, 2.05) is 77.9 Å². The lowest BCUT2D eigenvalue weighted by Crippen LogP contribution is -2.60. The SMILES string of the molecule is C[C@@H](C(=O)N[C@H](C(=O)N1C[C@@H](OCC#CC#CCO[C@H]2C[C@@H](C(=O)N[C@@H]3CCCc4ccccc43)N(C(=O)[C@@H](NC(=O)[C@H](C)N(C)C(=O)OC(C)(C)C)C(C)(C)C)C2)C[C@H]1C(=O)N[C@@H]1CCCc2ccccc21)C(C)(C)C)N(C)C(=O)OC(C)(C)C. The molecule has 470 valence electrons. The first-order valence-corrected chi connectivity index (χ1v) is 30.2. The van der Waals surface area contributed by atoms with Crippen LogP contribution in [0.4, 0.5) is 9.59 Å². The molecule has 2 fully saturated rings. The molecule has 20 nitrogen and oxygen atoms in total. The van der Waals surface area contributed by atoms with Crippen molar-refractivity contribution in [1.82, 2.24) is 40.9 Å². The highest BCUT2D eigenvalue weighted by Crippen LogP contribution is 2.34. The summed E-state index contributed by atoms with van der Waals surface area (Å²) in [6.45, 7) is 24.3. The Hall–Kier alpha value is -7.16. The van der Waals surface area contributed by atoms with Crippen molar-refractivity contribution >= 4 is 47.6 Å². The second-order valence-electron chi connectivity index (χ2n) is 27.4. The van der Waals surface area contributed by atoms with Crippen LogP contribution in [0.5, 0.6) is 0 Å². The molecule has 2 saturated heterocycles. The van der Waals surface area contributed by atoms with Crippen LogP contribution in [0.2, 0.25) is 0 Å². The Balaban J connectivity index is 1.14. The van der Waals surface area contributed by atoms with Gasteiger partial charge in [-0.25, -0.2) is 9.59 Å². The Kier molecular flexibility index (Phi) is 22.6. The number of benzene rings is 2. The minimum Gasteiger partial charge on any atom is -0.444 e. The molecular formula is C66H94N8O12. The predicted molar refractivity (Wildman–Crippen MR) is 325 cm³/mol. The molecule has 2 heterocycles. The van der Waals surface area contributed by atoms with Crippen LogP contribution in [0, 0.1) is 34.5 Å². The van der Waals surface area contributed by atoms with Crippen molar-refractivity contribution in [2.24, 2.45) is 10.8 Å². The van der Waals surface area contributed by atoms with Gasteiger partial charge in [0, 0.05) is 40.0 Å². The molecule has 8 amide bonds. The van der Waals surface area contributed by atoms with Crippen molar-refractivity contribution in [1.29, 1.82) is 0 Å². The number of likely N-dealkylation sites (tertiary alicyclic amines) is 2. The maximum Gasteiger partial charge on any atom is 0.410 e. The number of likely N-dealkylation sites (N-methyl/N-ethyl adjacent to an activating group) is 2. The van der Waals surface area contributed by atoms with Gasteiger partial charge >= 0.3 is 12.2 Å². The number of rotatable bonds is 16. The quantitative estimate of drug-likeness (QED) is 0.125. The first kappa shape index (κ1) is 68.0. The standard InChI is InChI=1S/C66H94N8O12/c1-41(71(15)61(81)85-65(9,10)11)55(75)69-53(63(3,4)5)59(79)73-39-45(37-51(73)57(77)67-49-33-25-29-43-27-19-21-31-47(43)49)83-35-23-17-18-24-36-84-46-38-52(58(78)68-50-34-26-30-44-28-20-22-32-48(44)50)74(40-46)60(80)54(64(6,7)8)70-56(76)42(2)72(16)62(82)86-66(12,13)14/h19-22,27-28,31-32,41-42,45-46,49-54H,25-26,29-30,33-40H2,1-16H3,(H,67,77)(H,68,78)(H,69,75)(H,70,76)/t41-,42-,45-,46-,49+,50+,51-,52-,53+,54+/m0/s1. The number of aryl methyl sites for hydroxylation is 2. The zero-order chi connectivity index (χ0) is 63.6. The lowest BCUT2D eigenvalue weighted by molar-refractivity contribution is -0.144. The van der Waals surface area contributed by atoms with Crippen LogP contribution < -0.4 is 21.3 Å². The molecule has 0 unspecified atom stereocenters. The highest BCUT2D eigenvalue weighted by Gasteiger charge is 2.48. The van der Waals surface area contributed by atoms with Gasteiger partial charge in [-0.15, -0.1) is 0 Å². The number of carbonyl (C=O) groups excluding carboxylic acids is 8. The number of ether oxygens (including phenoxy) is 4. The van der Waals surface area contributed by atoms with Crippen LogP contribution in [0.1, 0.15) is 170 Å². The predicted octanol–water partition coefficient (Wildman–Crippen LogP) is 6.93. The molecule has 20 heteroatoms. The van der Waals surface area contributed by atoms with E-state index in [-0.39, 0.29) is 63.0 Å². The Labute approximate surface area is 509 Å². The molecular weight excluding hydrogens is 1100 g/mol. The summed E-state index contributed by atoms with van der Waals surface area (Å²) >= 11 is 0. The van der Waals surface area contributed by atoms with Crippen molar-refractivity contribution < 1.29 is 57.3 Å². The third-order valence-corrected chi connectivity index (χ3v) is 16.2. The van der Waals surface area contributed by atoms with Crippen molar-refractivity contribution in [3.63, 3.8) is 0 Å². The van der Waals surface area contributed by atoms with E-state index in [1.54, 1.807) is 55.4 Å². The number of hydrogen-bond acceptors (Lipinski definition) is 12. The van der Waals surface area contributed by atoms with E-state index in [4.69, 9.17) is 18.9 Å². The van der Waals surface area contributed by atoms with Gasteiger partial charge in [-0.3, -0.25) is 38.6 Å². The largest absolute Gasteiger partial charge is 0.444 e. The molecule has 0 radical (unpaired) electrons. The van der Waals surface area contributed by atoms with Gasteiger partial charge in [0.25, 0.3) is 0 Å². The minimum absolute atomic E-state index is 0.0382. The lowest BCUT2D eigenvalue weighted by Gasteiger charge is -2.37. The normalized spacial score (nSPS) is 21.6. The topological polar surface area (TPSA) is 235 Å². The van der Waals surface area contributed by atoms with Crippen molar-refractivity contribution in [3.8, 4) is 23.7 Å². The summed E-state index contributed by atoms with van der Waals surface area (Å²) in [7, 11) is 2.92. The number of nitrogens with zero attached hydrogens (tertiary/aromatic N) is 4. The third kappa shape index (κ3) is 18.2. The first-order valence-electron chi connectivity index (χ1n) is 30.2. The molecule has 0 bridgehead atoms. The summed E-state index contributed by atoms with van der Waals surface area (Å²) in [5, 5.41) is 12.2. The number of hydrogen-bond donors (Lipinski definition) is 4. The van der Waals surface area contributed by atoms with Crippen molar-refractivity contribution in [2.45, 2.75) is 220 Å². The van der Waals surface area contributed by atoms with Crippen LogP contribution in [0.25, 0.3) is 0 Å². The highest BCUT2D eigenvalue weighted by atomic mass is 16.6. The molecule has 10 atom stereocenters. The zero-order valence-corrected chi connectivity index (χ0v) is 53.6. The Morgan fingerprint density at radius 3 is 1.24 bits per heavy atom. The highest BCUT2D eigenvalue weighted by molar-refractivity contribution is 5.96. The number of amides is 8. The van der Waals surface area contributed by atoms with E-state index >= 15 is 0 Å². The summed E-state index contributed by atoms with van der Waals surface area (Å²) in [5.74, 6) is 8.65. The van der Waals surface area contributed by atoms with Crippen LogP contribution in [-0.2, 0) is 60.6 Å². The van der Waals surface area contributed by atoms with Crippen molar-refractivity contribution in [3.05, 3.63) is 70.8 Å². The first-order chi connectivity index (χ1) is 40.1. The van der Waals surface area contributed by atoms with Crippen LogP contribution >= 0.6 is 0 Å². The maximum atomic E-state index is 14.8. The molecule has 2 aliphatic carbocycles. The molecule has 0 saturated carbocycles. The fraction of sp³-hybridized carbons (Fsp3) is 0.636. The van der Waals surface area contributed by atoms with E-state index in [0.29, 0.717) is 0 Å². The van der Waals surface area contributed by atoms with Gasteiger partial charge in [0.1, 0.15) is 60.7 Å². The molecule has 6 rings (SSSR count). The van der Waals surface area contributed by atoms with Gasteiger partial charge in [0.05, 0.1) is 24.3 Å². The zero-order valence-electron chi connectivity index (χ0n) is 53.6. The molecule has 2 aliphatic heterocycles. The Morgan fingerprint density at radius 2 is 0.907 bits per heavy atom. The van der Waals surface area contributed by atoms with Gasteiger partial charge in [-0.1, -0.05) is 102 Å². The molecule has 4 N–H and O–H groups in total. The molecule has 2 aromatic rings. The average molecular weight is 1190 g/mol. The fourth-order valence-electron chi connectivity index (χ4n) is 11.1. The van der Waals surface area contributed by atoms with Gasteiger partial charge in [0.15, 0.2) is 0 Å². The second-order valence-corrected chi connectivity index (χ2v) is 27.4. The van der Waals surface area contributed by atoms with E-state index in [2.05, 4.69) is 57.1 Å². The second kappa shape index (κ2) is 28.6. The van der Waals surface area contributed by atoms with E-state index in [9.17, 15) is 38.4 Å². The average Bonchev–Trinajstić information content (AvgIpc) is 2.18. The maximum absolute atomic E-state index is 14.8. The van der Waals surface area contributed by atoms with E-state index in [0.717, 1.165) is 60.8 Å². The van der Waals surface area contributed by atoms with Gasteiger partial charge in [-0.05, 0) is 139 Å². The van der Waals surface area contributed by atoms with Crippen molar-refractivity contribution in [2.75, 3.05) is 40.4 Å². The van der Waals surface area contributed by atoms with Crippen LogP contribution in [0.3, 0.4) is 0 Å². The minimum atomic E-state index is -1.09. The van der Waals surface area contributed by atoms with Crippen LogP contribution in [0.15, 0.2) is 48.5 Å². The molecule has 2 aromatic carbocycles.